The van der Waals surface area contributed by atoms with Gasteiger partial charge in [-0.25, -0.2) is 0 Å². The highest BCUT2D eigenvalue weighted by atomic mass is 19.3. The number of rotatable bonds is 5. The normalized spacial score (nSPS) is 12.1. The molecular weight excluding hydrogens is 254 g/mol. The maximum absolute atomic E-state index is 12.2. The molecule has 0 spiro atoms. The Morgan fingerprint density at radius 3 is 2.53 bits per heavy atom. The van der Waals surface area contributed by atoms with E-state index in [0.717, 1.165) is 0 Å². The molecule has 0 fully saturated rings. The van der Waals surface area contributed by atoms with Crippen molar-refractivity contribution < 1.29 is 18.3 Å². The van der Waals surface area contributed by atoms with Gasteiger partial charge in [-0.2, -0.15) is 14.0 Å². The summed E-state index contributed by atoms with van der Waals surface area (Å²) in [6.45, 7) is 0.485. The quantitative estimate of drug-likeness (QED) is 0.892. The van der Waals surface area contributed by atoms with E-state index in [0.29, 0.717) is 0 Å². The minimum Gasteiger partial charge on any atom is -0.433 e. The summed E-state index contributed by atoms with van der Waals surface area (Å²) in [5.74, 6) is -1.69. The molecule has 1 N–H and O–H groups in total. The molecule has 1 atom stereocenters. The second kappa shape index (κ2) is 6.69. The first-order valence-electron chi connectivity index (χ1n) is 5.70. The zero-order valence-corrected chi connectivity index (χ0v) is 10.6. The predicted octanol–water partition coefficient (Wildman–Crippen LogP) is 3.02. The van der Waals surface area contributed by atoms with Crippen LogP contribution in [0.3, 0.4) is 0 Å². The van der Waals surface area contributed by atoms with Gasteiger partial charge in [-0.3, -0.25) is 4.79 Å². The lowest BCUT2D eigenvalue weighted by atomic mass is 9.96. The van der Waals surface area contributed by atoms with E-state index in [4.69, 9.17) is 5.26 Å². The van der Waals surface area contributed by atoms with Gasteiger partial charge in [0, 0.05) is 0 Å². The van der Waals surface area contributed by atoms with Gasteiger partial charge >= 0.3 is 6.61 Å². The van der Waals surface area contributed by atoms with Crippen LogP contribution in [0.5, 0.6) is 5.75 Å². The summed E-state index contributed by atoms with van der Waals surface area (Å²) >= 11 is 0. The zero-order valence-electron chi connectivity index (χ0n) is 10.6. The number of ether oxygens (including phenoxy) is 1. The fourth-order valence-corrected chi connectivity index (χ4v) is 1.49. The monoisotopic (exact) mass is 268 g/mol. The van der Waals surface area contributed by atoms with E-state index < -0.39 is 18.4 Å². The average molecular weight is 268 g/mol. The molecule has 0 radical (unpaired) electrons. The fourth-order valence-electron chi connectivity index (χ4n) is 1.49. The van der Waals surface area contributed by atoms with Gasteiger partial charge in [0.2, 0.25) is 5.91 Å². The van der Waals surface area contributed by atoms with Crippen LogP contribution in [0.25, 0.3) is 0 Å². The highest BCUT2D eigenvalue weighted by molar-refractivity contribution is 5.95. The Hall–Kier alpha value is -2.16. The molecule has 1 aromatic carbocycles. The summed E-state index contributed by atoms with van der Waals surface area (Å²) in [6, 6.07) is 7.72. The van der Waals surface area contributed by atoms with Gasteiger partial charge in [-0.05, 0) is 18.1 Å². The van der Waals surface area contributed by atoms with Crippen LogP contribution in [-0.4, -0.2) is 12.5 Å². The standard InChI is InChI=1S/C13H14F2N2O2/c1-8(2)9(7-16)12(18)17-10-5-3-4-6-11(10)19-13(14)15/h3-6,8-9,13H,1-2H3,(H,17,18). The first-order valence-corrected chi connectivity index (χ1v) is 5.70. The number of halogens is 2. The molecule has 4 nitrogen and oxygen atoms in total. The van der Waals surface area contributed by atoms with E-state index in [1.165, 1.54) is 18.2 Å². The Morgan fingerprint density at radius 1 is 1.37 bits per heavy atom. The number of anilines is 1. The van der Waals surface area contributed by atoms with Crippen molar-refractivity contribution in [2.45, 2.75) is 20.5 Å². The van der Waals surface area contributed by atoms with Crippen LogP contribution in [0.4, 0.5) is 14.5 Å². The Balaban J connectivity index is 2.88. The minimum absolute atomic E-state index is 0.119. The van der Waals surface area contributed by atoms with E-state index in [1.807, 2.05) is 6.07 Å². The van der Waals surface area contributed by atoms with Gasteiger partial charge in [0.15, 0.2) is 0 Å². The summed E-state index contributed by atoms with van der Waals surface area (Å²) in [4.78, 5) is 11.8. The minimum atomic E-state index is -2.98. The molecule has 1 rings (SSSR count). The van der Waals surface area contributed by atoms with Gasteiger partial charge < -0.3 is 10.1 Å². The van der Waals surface area contributed by atoms with Crippen LogP contribution >= 0.6 is 0 Å². The number of benzene rings is 1. The Labute approximate surface area is 110 Å². The lowest BCUT2D eigenvalue weighted by Crippen LogP contribution is -2.26. The van der Waals surface area contributed by atoms with Crippen molar-refractivity contribution in [2.75, 3.05) is 5.32 Å². The number of nitriles is 1. The maximum Gasteiger partial charge on any atom is 0.387 e. The van der Waals surface area contributed by atoms with E-state index in [1.54, 1.807) is 19.9 Å². The van der Waals surface area contributed by atoms with Crippen molar-refractivity contribution in [1.29, 1.82) is 5.26 Å². The first-order chi connectivity index (χ1) is 8.95. The lowest BCUT2D eigenvalue weighted by molar-refractivity contribution is -0.119. The Morgan fingerprint density at radius 2 is 2.00 bits per heavy atom. The third-order valence-corrected chi connectivity index (χ3v) is 2.45. The molecule has 1 amide bonds. The summed E-state index contributed by atoms with van der Waals surface area (Å²) in [5, 5.41) is 11.3. The molecule has 0 saturated carbocycles. The second-order valence-corrected chi connectivity index (χ2v) is 4.21. The van der Waals surface area contributed by atoms with Crippen molar-refractivity contribution in [2.24, 2.45) is 11.8 Å². The van der Waals surface area contributed by atoms with Gasteiger partial charge in [0.25, 0.3) is 0 Å². The van der Waals surface area contributed by atoms with Crippen molar-refractivity contribution >= 4 is 11.6 Å². The molecule has 6 heteroatoms. The molecule has 0 aromatic heterocycles. The van der Waals surface area contributed by atoms with Crippen LogP contribution in [0.15, 0.2) is 24.3 Å². The number of amides is 1. The first kappa shape index (κ1) is 14.9. The summed E-state index contributed by atoms with van der Waals surface area (Å²) in [7, 11) is 0. The van der Waals surface area contributed by atoms with E-state index >= 15 is 0 Å². The molecule has 0 aliphatic heterocycles. The topological polar surface area (TPSA) is 62.1 Å². The van der Waals surface area contributed by atoms with Gasteiger partial charge in [0.05, 0.1) is 11.8 Å². The molecule has 0 bridgehead atoms. The summed E-state index contributed by atoms with van der Waals surface area (Å²) in [5.41, 5.74) is 0.119. The van der Waals surface area contributed by atoms with Crippen molar-refractivity contribution in [1.82, 2.24) is 0 Å². The highest BCUT2D eigenvalue weighted by Gasteiger charge is 2.22. The number of nitrogens with zero attached hydrogens (tertiary/aromatic N) is 1. The number of nitrogens with one attached hydrogen (secondary N) is 1. The van der Waals surface area contributed by atoms with Crippen molar-refractivity contribution in [3.8, 4) is 11.8 Å². The zero-order chi connectivity index (χ0) is 14.4. The lowest BCUT2D eigenvalue weighted by Gasteiger charge is -2.15. The van der Waals surface area contributed by atoms with E-state index in [9.17, 15) is 13.6 Å². The van der Waals surface area contributed by atoms with Crippen LogP contribution in [0.1, 0.15) is 13.8 Å². The number of alkyl halides is 2. The smallest absolute Gasteiger partial charge is 0.387 e. The predicted molar refractivity (Wildman–Crippen MR) is 65.6 cm³/mol. The number of hydrogen-bond acceptors (Lipinski definition) is 3. The SMILES string of the molecule is CC(C)C(C#N)C(=O)Nc1ccccc1OC(F)F. The molecule has 102 valence electrons. The van der Waals surface area contributed by atoms with Crippen LogP contribution in [0.2, 0.25) is 0 Å². The molecular formula is C13H14F2N2O2. The molecule has 1 aromatic rings. The van der Waals surface area contributed by atoms with Crippen LogP contribution in [-0.2, 0) is 4.79 Å². The Kier molecular flexibility index (Phi) is 5.24. The average Bonchev–Trinajstić information content (AvgIpc) is 2.31. The summed E-state index contributed by atoms with van der Waals surface area (Å²) in [6.07, 6.45) is 0. The molecule has 0 aliphatic rings. The highest BCUT2D eigenvalue weighted by Crippen LogP contribution is 2.26. The van der Waals surface area contributed by atoms with Gasteiger partial charge in [-0.1, -0.05) is 26.0 Å². The number of para-hydroxylation sites is 2. The molecule has 0 heterocycles. The van der Waals surface area contributed by atoms with Crippen LogP contribution in [0, 0.1) is 23.2 Å². The van der Waals surface area contributed by atoms with Gasteiger partial charge in [0.1, 0.15) is 11.7 Å². The second-order valence-electron chi connectivity index (χ2n) is 4.21. The third-order valence-electron chi connectivity index (χ3n) is 2.45. The Bertz CT molecular complexity index is 484. The van der Waals surface area contributed by atoms with E-state index in [-0.39, 0.29) is 17.4 Å². The summed E-state index contributed by atoms with van der Waals surface area (Å²) < 4.78 is 28.7. The molecule has 19 heavy (non-hydrogen) atoms. The van der Waals surface area contributed by atoms with Crippen molar-refractivity contribution in [3.63, 3.8) is 0 Å². The molecule has 1 unspecified atom stereocenters. The largest absolute Gasteiger partial charge is 0.433 e. The third kappa shape index (κ3) is 4.21. The fraction of sp³-hybridized carbons (Fsp3) is 0.385. The van der Waals surface area contributed by atoms with E-state index in [2.05, 4.69) is 10.1 Å². The maximum atomic E-state index is 12.2. The van der Waals surface area contributed by atoms with Gasteiger partial charge in [-0.15, -0.1) is 0 Å². The van der Waals surface area contributed by atoms with Crippen LogP contribution < -0.4 is 10.1 Å². The number of carbonyl (C=O) groups is 1. The van der Waals surface area contributed by atoms with Crippen molar-refractivity contribution in [3.05, 3.63) is 24.3 Å². The number of carbonyl (C=O) groups excluding carboxylic acids is 1. The number of hydrogen-bond donors (Lipinski definition) is 1. The molecule has 0 aliphatic carbocycles. The molecule has 0 saturated heterocycles.